The van der Waals surface area contributed by atoms with Gasteiger partial charge in [-0.05, 0) is 103 Å². The highest BCUT2D eigenvalue weighted by Gasteiger charge is 2.30. The summed E-state index contributed by atoms with van der Waals surface area (Å²) in [4.78, 5) is 73.1. The first-order valence-corrected chi connectivity index (χ1v) is 44.5. The first kappa shape index (κ1) is 100.0. The van der Waals surface area contributed by atoms with Gasteiger partial charge in [0, 0.05) is 25.7 Å². The van der Waals surface area contributed by atoms with Gasteiger partial charge in [0.25, 0.3) is 0 Å². The average Bonchev–Trinajstić information content (AvgIpc) is 0.918. The molecule has 19 heteroatoms. The van der Waals surface area contributed by atoms with E-state index in [0.717, 1.165) is 154 Å². The number of carbonyl (C=O) groups excluding carboxylic acids is 4. The number of hydrogen-bond donors (Lipinski definition) is 3. The van der Waals surface area contributed by atoms with Gasteiger partial charge in [-0.3, -0.25) is 37.3 Å². The van der Waals surface area contributed by atoms with Gasteiger partial charge in [0.2, 0.25) is 0 Å². The Bertz CT molecular complexity index is 2350. The number of aliphatic hydroxyl groups excluding tert-OH is 1. The molecule has 0 radical (unpaired) electrons. The molecule has 5 unspecified atom stereocenters. The van der Waals surface area contributed by atoms with Crippen molar-refractivity contribution >= 4 is 39.5 Å². The third-order valence-corrected chi connectivity index (χ3v) is 19.5. The molecule has 3 N–H and O–H groups in total. The van der Waals surface area contributed by atoms with E-state index in [9.17, 15) is 43.2 Å². The number of esters is 4. The summed E-state index contributed by atoms with van der Waals surface area (Å²) in [6, 6.07) is 0. The molecule has 0 aromatic carbocycles. The summed E-state index contributed by atoms with van der Waals surface area (Å²) in [5, 5.41) is 10.7. The van der Waals surface area contributed by atoms with E-state index in [0.29, 0.717) is 25.7 Å². The lowest BCUT2D eigenvalue weighted by atomic mass is 10.0. The third kappa shape index (κ3) is 76.2. The lowest BCUT2D eigenvalue weighted by molar-refractivity contribution is -0.161. The van der Waals surface area contributed by atoms with E-state index in [2.05, 4.69) is 125 Å². The Hall–Kier alpha value is -4.02. The third-order valence-electron chi connectivity index (χ3n) is 17.6. The molecule has 0 saturated carbocycles. The van der Waals surface area contributed by atoms with Gasteiger partial charge < -0.3 is 33.8 Å². The van der Waals surface area contributed by atoms with Gasteiger partial charge in [0.1, 0.15) is 19.3 Å². The quantitative estimate of drug-likeness (QED) is 0.0169. The summed E-state index contributed by atoms with van der Waals surface area (Å²) in [7, 11) is -9.96. The molecule has 0 amide bonds. The Kier molecular flexibility index (Phi) is 74.2. The lowest BCUT2D eigenvalue weighted by Crippen LogP contribution is -2.30. The molecule has 0 aromatic rings. The fourth-order valence-electron chi connectivity index (χ4n) is 11.3. The summed E-state index contributed by atoms with van der Waals surface area (Å²) in [5.74, 6) is -2.20. The van der Waals surface area contributed by atoms with Crippen molar-refractivity contribution in [2.24, 2.45) is 0 Å². The maximum absolute atomic E-state index is 13.1. The smallest absolute Gasteiger partial charge is 0.462 e. The van der Waals surface area contributed by atoms with Crippen LogP contribution in [0.5, 0.6) is 0 Å². The summed E-state index contributed by atoms with van der Waals surface area (Å²) < 4.78 is 68.7. The highest BCUT2D eigenvalue weighted by molar-refractivity contribution is 7.47. The second-order valence-corrected chi connectivity index (χ2v) is 30.6. The maximum Gasteiger partial charge on any atom is 0.472 e. The molecule has 0 fully saturated rings. The van der Waals surface area contributed by atoms with Crippen molar-refractivity contribution in [2.75, 3.05) is 39.6 Å². The molecule has 104 heavy (non-hydrogen) atoms. The van der Waals surface area contributed by atoms with Crippen LogP contribution in [0.25, 0.3) is 0 Å². The van der Waals surface area contributed by atoms with E-state index in [4.69, 9.17) is 37.0 Å². The predicted octanol–water partition coefficient (Wildman–Crippen LogP) is 24.3. The lowest BCUT2D eigenvalue weighted by Gasteiger charge is -2.21. The molecule has 0 rings (SSSR count). The Morgan fingerprint density at radius 3 is 0.779 bits per heavy atom. The van der Waals surface area contributed by atoms with Crippen molar-refractivity contribution < 1.29 is 80.2 Å². The molecule has 0 saturated heterocycles. The Morgan fingerprint density at radius 1 is 0.279 bits per heavy atom. The number of allylic oxidation sites excluding steroid dienone is 16. The Morgan fingerprint density at radius 2 is 0.500 bits per heavy atom. The number of phosphoric ester groups is 2. The zero-order valence-corrected chi connectivity index (χ0v) is 67.7. The molecule has 602 valence electrons. The minimum atomic E-state index is -4.98. The van der Waals surface area contributed by atoms with E-state index in [1.54, 1.807) is 0 Å². The van der Waals surface area contributed by atoms with Gasteiger partial charge in [-0.15, -0.1) is 0 Å². The van der Waals surface area contributed by atoms with E-state index in [-0.39, 0.29) is 25.7 Å². The van der Waals surface area contributed by atoms with Crippen LogP contribution in [0, 0.1) is 0 Å². The van der Waals surface area contributed by atoms with Crippen molar-refractivity contribution in [2.45, 2.75) is 380 Å². The number of rotatable bonds is 78. The molecule has 0 aliphatic heterocycles. The number of ether oxygens (including phenoxy) is 4. The molecule has 0 bridgehead atoms. The summed E-state index contributed by atoms with van der Waals surface area (Å²) in [6.07, 6.45) is 82.3. The molecule has 5 atom stereocenters. The van der Waals surface area contributed by atoms with E-state index < -0.39 is 97.5 Å². The van der Waals surface area contributed by atoms with Crippen molar-refractivity contribution in [1.29, 1.82) is 0 Å². The van der Waals surface area contributed by atoms with Crippen LogP contribution in [0.15, 0.2) is 97.2 Å². The van der Waals surface area contributed by atoms with Crippen LogP contribution < -0.4 is 0 Å². The standard InChI is InChI=1S/C85H150O17P2/c1-5-9-13-17-21-25-29-33-37-38-39-40-44-46-50-54-58-62-66-70-83(88)96-76-81(102-85(90)72-68-64-60-56-52-48-43-36-32-28-24-20-16-12-8-4)78-100-104(93,94)98-74-79(86)73-97-103(91,92)99-77-80(101-84(89)71-67-63-59-55-51-47-42-35-31-27-23-19-15-11-7-3)75-95-82(87)69-65-61-57-53-49-45-41-34-30-26-22-18-14-10-6-2/h9-10,13-14,21-22,25-26,33-34,37,39-41,46,50,79-81,86H,5-8,11-12,15-20,23-24,27-32,35-36,38,42-45,47-49,51-78H2,1-4H3,(H,91,92)(H,93,94)/b13-9-,14-10-,25-21-,26-22-,37-33-,40-39-,41-34-,50-46-. The summed E-state index contributed by atoms with van der Waals surface area (Å²) in [6.45, 7) is 4.67. The fourth-order valence-corrected chi connectivity index (χ4v) is 12.9. The van der Waals surface area contributed by atoms with Crippen LogP contribution in [-0.4, -0.2) is 96.7 Å². The summed E-state index contributed by atoms with van der Waals surface area (Å²) >= 11 is 0. The van der Waals surface area contributed by atoms with Crippen LogP contribution in [0.4, 0.5) is 0 Å². The zero-order chi connectivity index (χ0) is 76.0. The minimum absolute atomic E-state index is 0.0909. The molecule has 0 aliphatic rings. The van der Waals surface area contributed by atoms with Gasteiger partial charge in [-0.2, -0.15) is 0 Å². The van der Waals surface area contributed by atoms with Crippen molar-refractivity contribution in [1.82, 2.24) is 0 Å². The monoisotopic (exact) mass is 1510 g/mol. The fraction of sp³-hybridized carbons (Fsp3) is 0.765. The average molecular weight is 1510 g/mol. The highest BCUT2D eigenvalue weighted by Crippen LogP contribution is 2.45. The van der Waals surface area contributed by atoms with Gasteiger partial charge >= 0.3 is 39.5 Å². The van der Waals surface area contributed by atoms with Crippen LogP contribution >= 0.6 is 15.6 Å². The number of phosphoric acid groups is 2. The minimum Gasteiger partial charge on any atom is -0.462 e. The predicted molar refractivity (Wildman–Crippen MR) is 427 cm³/mol. The first-order chi connectivity index (χ1) is 50.7. The van der Waals surface area contributed by atoms with E-state index >= 15 is 0 Å². The van der Waals surface area contributed by atoms with Crippen molar-refractivity contribution in [3.05, 3.63) is 97.2 Å². The molecule has 17 nitrogen and oxygen atoms in total. The second kappa shape index (κ2) is 77.1. The number of hydrogen-bond acceptors (Lipinski definition) is 15. The molecular formula is C85H150O17P2. The largest absolute Gasteiger partial charge is 0.472 e. The van der Waals surface area contributed by atoms with Gasteiger partial charge in [-0.1, -0.05) is 330 Å². The van der Waals surface area contributed by atoms with Crippen molar-refractivity contribution in [3.63, 3.8) is 0 Å². The molecule has 0 aliphatic carbocycles. The topological polar surface area (TPSA) is 237 Å². The second-order valence-electron chi connectivity index (χ2n) is 27.7. The highest BCUT2D eigenvalue weighted by atomic mass is 31.2. The van der Waals surface area contributed by atoms with Crippen LogP contribution in [0.2, 0.25) is 0 Å². The SMILES string of the molecule is CC/C=C\C/C=C\C/C=C\C/C=C\C/C=C\CCCCCC(=O)OCC(COP(=O)(O)OCC(O)COP(=O)(O)OCC(COC(=O)CCCCCCC/C=C\C/C=C\C/C=C\CC)OC(=O)CCCCCCCCCCCCCCCCC)OC(=O)CCCCCCCCCCCCCCCCC. The molecule has 0 aromatic heterocycles. The van der Waals surface area contributed by atoms with Crippen LogP contribution in [0.1, 0.15) is 362 Å². The number of carbonyl (C=O) groups is 4. The maximum atomic E-state index is 13.1. The number of unbranched alkanes of at least 4 members (excludes halogenated alkanes) is 36. The van der Waals surface area contributed by atoms with Crippen LogP contribution in [0.3, 0.4) is 0 Å². The molecule has 0 heterocycles. The number of aliphatic hydroxyl groups is 1. The van der Waals surface area contributed by atoms with Crippen molar-refractivity contribution in [3.8, 4) is 0 Å². The zero-order valence-electron chi connectivity index (χ0n) is 65.9. The van der Waals surface area contributed by atoms with Crippen LogP contribution in [-0.2, 0) is 65.4 Å². The molecular weight excluding hydrogens is 1350 g/mol. The Balaban J connectivity index is 5.37. The van der Waals surface area contributed by atoms with Gasteiger partial charge in [0.05, 0.1) is 26.4 Å². The van der Waals surface area contributed by atoms with E-state index in [1.807, 2.05) is 0 Å². The normalized spacial score (nSPS) is 14.3. The Labute approximate surface area is 633 Å². The molecule has 0 spiro atoms. The first-order valence-electron chi connectivity index (χ1n) is 41.5. The van der Waals surface area contributed by atoms with Gasteiger partial charge in [-0.25, -0.2) is 9.13 Å². The van der Waals surface area contributed by atoms with Gasteiger partial charge in [0.15, 0.2) is 12.2 Å². The van der Waals surface area contributed by atoms with E-state index in [1.165, 1.54) is 128 Å². The summed E-state index contributed by atoms with van der Waals surface area (Å²) in [5.41, 5.74) is 0.